The summed E-state index contributed by atoms with van der Waals surface area (Å²) in [6, 6.07) is 0. The van der Waals surface area contributed by atoms with Crippen molar-refractivity contribution in [2.24, 2.45) is 17.3 Å². The first-order valence-corrected chi connectivity index (χ1v) is 7.05. The van der Waals surface area contributed by atoms with E-state index in [9.17, 15) is 9.90 Å². The van der Waals surface area contributed by atoms with Crippen molar-refractivity contribution in [2.75, 3.05) is 7.11 Å². The van der Waals surface area contributed by atoms with E-state index in [0.29, 0.717) is 11.5 Å². The van der Waals surface area contributed by atoms with E-state index in [1.54, 1.807) is 0 Å². The summed E-state index contributed by atoms with van der Waals surface area (Å²) >= 11 is 0. The van der Waals surface area contributed by atoms with Crippen LogP contribution in [0.4, 0.5) is 0 Å². The molecule has 3 heteroatoms. The van der Waals surface area contributed by atoms with Crippen molar-refractivity contribution in [1.82, 2.24) is 0 Å². The molecule has 1 N–H and O–H groups in total. The SMILES string of the molecule is C=C(C(=O)OC)C1C=C2C(C)CC(O)C[C@]2(C)CC1. The molecule has 4 atom stereocenters. The van der Waals surface area contributed by atoms with Gasteiger partial charge in [-0.2, -0.15) is 0 Å². The zero-order valence-corrected chi connectivity index (χ0v) is 12.1. The van der Waals surface area contributed by atoms with Crippen LogP contribution in [0, 0.1) is 17.3 Å². The molecule has 1 saturated carbocycles. The van der Waals surface area contributed by atoms with Crippen LogP contribution in [0.25, 0.3) is 0 Å². The van der Waals surface area contributed by atoms with Gasteiger partial charge < -0.3 is 9.84 Å². The Balaban J connectivity index is 2.25. The Bertz CT molecular complexity index is 424. The molecule has 0 amide bonds. The van der Waals surface area contributed by atoms with Crippen molar-refractivity contribution in [3.8, 4) is 0 Å². The highest BCUT2D eigenvalue weighted by molar-refractivity contribution is 5.88. The van der Waals surface area contributed by atoms with Crippen LogP contribution in [0.5, 0.6) is 0 Å². The Labute approximate surface area is 115 Å². The second-order valence-electron chi connectivity index (χ2n) is 6.34. The summed E-state index contributed by atoms with van der Waals surface area (Å²) in [5.74, 6) is 0.157. The fourth-order valence-corrected chi connectivity index (χ4v) is 3.79. The normalized spacial score (nSPS) is 38.1. The van der Waals surface area contributed by atoms with Gasteiger partial charge in [0.2, 0.25) is 0 Å². The summed E-state index contributed by atoms with van der Waals surface area (Å²) in [6.07, 6.45) is 5.57. The summed E-state index contributed by atoms with van der Waals surface area (Å²) in [4.78, 5) is 11.6. The molecule has 0 aromatic carbocycles. The maximum atomic E-state index is 11.6. The van der Waals surface area contributed by atoms with Crippen molar-refractivity contribution in [2.45, 2.75) is 45.6 Å². The third-order valence-electron chi connectivity index (χ3n) is 4.82. The van der Waals surface area contributed by atoms with E-state index in [-0.39, 0.29) is 23.4 Å². The number of carbonyl (C=O) groups is 1. The molecular formula is C16H24O3. The molecule has 2 rings (SSSR count). The Morgan fingerprint density at radius 3 is 2.89 bits per heavy atom. The second kappa shape index (κ2) is 5.12. The number of ether oxygens (including phenoxy) is 1. The number of esters is 1. The fraction of sp³-hybridized carbons (Fsp3) is 0.688. The minimum Gasteiger partial charge on any atom is -0.466 e. The molecule has 0 aromatic rings. The zero-order valence-electron chi connectivity index (χ0n) is 12.1. The molecule has 2 aliphatic carbocycles. The lowest BCUT2D eigenvalue weighted by Gasteiger charge is -2.46. The Morgan fingerprint density at radius 1 is 1.58 bits per heavy atom. The first kappa shape index (κ1) is 14.3. The van der Waals surface area contributed by atoms with Crippen molar-refractivity contribution < 1.29 is 14.6 Å². The monoisotopic (exact) mass is 264 g/mol. The molecule has 0 saturated heterocycles. The molecule has 0 spiro atoms. The standard InChI is InChI=1S/C16H24O3/c1-10-7-13(17)9-16(3)6-5-12(8-14(10)16)11(2)15(18)19-4/h8,10,12-13,17H,2,5-7,9H2,1,3-4H3/t10?,12?,13?,16-/m0/s1. The van der Waals surface area contributed by atoms with Crippen LogP contribution in [-0.4, -0.2) is 24.3 Å². The highest BCUT2D eigenvalue weighted by Gasteiger charge is 2.42. The topological polar surface area (TPSA) is 46.5 Å². The maximum Gasteiger partial charge on any atom is 0.333 e. The Kier molecular flexibility index (Phi) is 3.86. The third kappa shape index (κ3) is 2.62. The van der Waals surface area contributed by atoms with Crippen LogP contribution in [-0.2, 0) is 9.53 Å². The molecule has 19 heavy (non-hydrogen) atoms. The molecule has 1 fully saturated rings. The molecule has 0 bridgehead atoms. The van der Waals surface area contributed by atoms with E-state index in [0.717, 1.165) is 25.7 Å². The number of rotatable bonds is 2. The lowest BCUT2D eigenvalue weighted by molar-refractivity contribution is -0.136. The van der Waals surface area contributed by atoms with Gasteiger partial charge in [-0.25, -0.2) is 4.79 Å². The van der Waals surface area contributed by atoms with Gasteiger partial charge in [0.05, 0.1) is 13.2 Å². The van der Waals surface area contributed by atoms with Gasteiger partial charge in [0.15, 0.2) is 0 Å². The average molecular weight is 264 g/mol. The first-order chi connectivity index (χ1) is 8.87. The third-order valence-corrected chi connectivity index (χ3v) is 4.82. The number of allylic oxidation sites excluding steroid dienone is 2. The van der Waals surface area contributed by atoms with Crippen LogP contribution in [0.15, 0.2) is 23.8 Å². The van der Waals surface area contributed by atoms with Gasteiger partial charge in [-0.3, -0.25) is 0 Å². The van der Waals surface area contributed by atoms with Gasteiger partial charge in [0.1, 0.15) is 0 Å². The van der Waals surface area contributed by atoms with Crippen LogP contribution in [0.1, 0.15) is 39.5 Å². The molecule has 3 nitrogen and oxygen atoms in total. The number of aliphatic hydroxyl groups is 1. The quantitative estimate of drug-likeness (QED) is 0.474. The van der Waals surface area contributed by atoms with E-state index in [1.165, 1.54) is 12.7 Å². The summed E-state index contributed by atoms with van der Waals surface area (Å²) in [7, 11) is 1.40. The summed E-state index contributed by atoms with van der Waals surface area (Å²) < 4.78 is 4.76. The van der Waals surface area contributed by atoms with Crippen LogP contribution in [0.2, 0.25) is 0 Å². The van der Waals surface area contributed by atoms with Gasteiger partial charge in [-0.05, 0) is 37.0 Å². The molecule has 3 unspecified atom stereocenters. The van der Waals surface area contributed by atoms with E-state index in [1.807, 2.05) is 0 Å². The van der Waals surface area contributed by atoms with Crippen molar-refractivity contribution in [1.29, 1.82) is 0 Å². The predicted molar refractivity (Wildman–Crippen MR) is 74.5 cm³/mol. The smallest absolute Gasteiger partial charge is 0.333 e. The summed E-state index contributed by atoms with van der Waals surface area (Å²) in [5.41, 5.74) is 2.03. The highest BCUT2D eigenvalue weighted by Crippen LogP contribution is 2.51. The van der Waals surface area contributed by atoms with Gasteiger partial charge in [0.25, 0.3) is 0 Å². The van der Waals surface area contributed by atoms with E-state index in [2.05, 4.69) is 26.5 Å². The van der Waals surface area contributed by atoms with Crippen molar-refractivity contribution in [3.05, 3.63) is 23.8 Å². The molecule has 2 aliphatic rings. The van der Waals surface area contributed by atoms with Gasteiger partial charge in [-0.15, -0.1) is 0 Å². The molecule has 0 aromatic heterocycles. The predicted octanol–water partition coefficient (Wildman–Crippen LogP) is 2.85. The van der Waals surface area contributed by atoms with Gasteiger partial charge in [-0.1, -0.05) is 32.1 Å². The summed E-state index contributed by atoms with van der Waals surface area (Å²) in [6.45, 7) is 8.27. The minimum absolute atomic E-state index is 0.0873. The van der Waals surface area contributed by atoms with E-state index < -0.39 is 0 Å². The number of aliphatic hydroxyl groups excluding tert-OH is 1. The second-order valence-corrected chi connectivity index (χ2v) is 6.34. The van der Waals surface area contributed by atoms with Crippen molar-refractivity contribution in [3.63, 3.8) is 0 Å². The minimum atomic E-state index is -0.311. The number of hydrogen-bond donors (Lipinski definition) is 1. The largest absolute Gasteiger partial charge is 0.466 e. The first-order valence-electron chi connectivity index (χ1n) is 7.05. The van der Waals surface area contributed by atoms with Crippen LogP contribution in [0.3, 0.4) is 0 Å². The average Bonchev–Trinajstić information content (AvgIpc) is 2.35. The van der Waals surface area contributed by atoms with Crippen molar-refractivity contribution >= 4 is 5.97 Å². The van der Waals surface area contributed by atoms with Gasteiger partial charge >= 0.3 is 5.97 Å². The Morgan fingerprint density at radius 2 is 2.26 bits per heavy atom. The van der Waals surface area contributed by atoms with E-state index in [4.69, 9.17) is 4.74 Å². The lowest BCUT2D eigenvalue weighted by Crippen LogP contribution is -2.38. The number of fused-ring (bicyclic) bond motifs is 1. The Hall–Kier alpha value is -1.09. The molecule has 106 valence electrons. The summed E-state index contributed by atoms with van der Waals surface area (Å²) in [5, 5.41) is 9.97. The van der Waals surface area contributed by atoms with Gasteiger partial charge in [0, 0.05) is 11.5 Å². The lowest BCUT2D eigenvalue weighted by atomic mass is 9.60. The number of carbonyl (C=O) groups excluding carboxylic acids is 1. The number of hydrogen-bond acceptors (Lipinski definition) is 3. The molecule has 0 heterocycles. The van der Waals surface area contributed by atoms with E-state index >= 15 is 0 Å². The molecule has 0 aliphatic heterocycles. The zero-order chi connectivity index (χ0) is 14.2. The molecular weight excluding hydrogens is 240 g/mol. The highest BCUT2D eigenvalue weighted by atomic mass is 16.5. The fourth-order valence-electron chi connectivity index (χ4n) is 3.79. The number of methoxy groups -OCH3 is 1. The molecule has 0 radical (unpaired) electrons. The van der Waals surface area contributed by atoms with Crippen LogP contribution >= 0.6 is 0 Å². The maximum absolute atomic E-state index is 11.6. The van der Waals surface area contributed by atoms with Crippen LogP contribution < -0.4 is 0 Å².